The number of carboxylic acid groups (broad SMARTS) is 1. The molecule has 0 amide bonds. The van der Waals surface area contributed by atoms with E-state index in [2.05, 4.69) is 28.6 Å². The van der Waals surface area contributed by atoms with Gasteiger partial charge in [-0.3, -0.25) is 19.7 Å². The molecule has 2 fully saturated rings. The van der Waals surface area contributed by atoms with Gasteiger partial charge in [-0.25, -0.2) is 0 Å². The summed E-state index contributed by atoms with van der Waals surface area (Å²) in [5, 5.41) is 9.59. The number of nitrogens with zero attached hydrogens (tertiary/aromatic N) is 4. The maximum absolute atomic E-state index is 11.7. The van der Waals surface area contributed by atoms with Gasteiger partial charge in [0, 0.05) is 42.7 Å². The molecule has 7 heteroatoms. The number of ether oxygens (including phenoxy) is 1. The molecule has 0 aliphatic carbocycles. The van der Waals surface area contributed by atoms with Gasteiger partial charge in [0.15, 0.2) is 0 Å². The Morgan fingerprint density at radius 1 is 1.06 bits per heavy atom. The Kier molecular flexibility index (Phi) is 7.71. The van der Waals surface area contributed by atoms with Gasteiger partial charge in [-0.1, -0.05) is 20.3 Å². The Labute approximate surface area is 203 Å². The summed E-state index contributed by atoms with van der Waals surface area (Å²) in [5.41, 5.74) is 4.51. The van der Waals surface area contributed by atoms with Crippen molar-refractivity contribution < 1.29 is 14.6 Å². The number of aromatic nitrogens is 2. The molecule has 4 rings (SSSR count). The van der Waals surface area contributed by atoms with E-state index in [1.54, 1.807) is 6.20 Å². The first kappa shape index (κ1) is 24.5. The lowest BCUT2D eigenvalue weighted by Crippen LogP contribution is -2.38. The van der Waals surface area contributed by atoms with Gasteiger partial charge in [0.2, 0.25) is 0 Å². The number of hydrogen-bond donors (Lipinski definition) is 1. The minimum atomic E-state index is -0.842. The van der Waals surface area contributed by atoms with Crippen LogP contribution in [0, 0.1) is 12.3 Å². The zero-order valence-electron chi connectivity index (χ0n) is 20.8. The second-order valence-corrected chi connectivity index (χ2v) is 10.4. The lowest BCUT2D eigenvalue weighted by molar-refractivity contribution is -0.136. The van der Waals surface area contributed by atoms with Crippen LogP contribution in [-0.2, 0) is 11.2 Å². The molecule has 2 aromatic heterocycles. The average molecular weight is 467 g/mol. The predicted molar refractivity (Wildman–Crippen MR) is 135 cm³/mol. The molecule has 0 unspecified atom stereocenters. The molecule has 0 aromatic carbocycles. The number of carbonyl (C=O) groups is 1. The van der Waals surface area contributed by atoms with Crippen LogP contribution in [0.5, 0.6) is 5.75 Å². The molecule has 34 heavy (non-hydrogen) atoms. The molecule has 0 spiro atoms. The van der Waals surface area contributed by atoms with E-state index in [0.717, 1.165) is 79.5 Å². The Morgan fingerprint density at radius 3 is 2.44 bits per heavy atom. The molecule has 0 saturated carbocycles. The molecule has 1 N–H and O–H groups in total. The average Bonchev–Trinajstić information content (AvgIpc) is 2.82. The van der Waals surface area contributed by atoms with Crippen molar-refractivity contribution in [3.63, 3.8) is 0 Å². The van der Waals surface area contributed by atoms with E-state index in [-0.39, 0.29) is 6.42 Å². The van der Waals surface area contributed by atoms with Crippen LogP contribution in [0.15, 0.2) is 24.5 Å². The van der Waals surface area contributed by atoms with Crippen LogP contribution < -0.4 is 9.64 Å². The fourth-order valence-corrected chi connectivity index (χ4v) is 4.98. The number of piperidine rings is 2. The van der Waals surface area contributed by atoms with Crippen LogP contribution >= 0.6 is 0 Å². The Balaban J connectivity index is 1.54. The highest BCUT2D eigenvalue weighted by Crippen LogP contribution is 2.39. The van der Waals surface area contributed by atoms with Crippen LogP contribution in [0.1, 0.15) is 57.2 Å². The molecular weight excluding hydrogens is 428 g/mol. The smallest absolute Gasteiger partial charge is 0.307 e. The number of anilines is 1. The number of carboxylic acids is 1. The van der Waals surface area contributed by atoms with E-state index >= 15 is 0 Å². The molecule has 7 nitrogen and oxygen atoms in total. The van der Waals surface area contributed by atoms with Crippen LogP contribution in [0.2, 0.25) is 0 Å². The van der Waals surface area contributed by atoms with Crippen LogP contribution in [0.25, 0.3) is 11.3 Å². The van der Waals surface area contributed by atoms with Gasteiger partial charge in [-0.2, -0.15) is 0 Å². The summed E-state index contributed by atoms with van der Waals surface area (Å²) in [6.45, 7) is 12.2. The number of rotatable bonds is 8. The van der Waals surface area contributed by atoms with Crippen molar-refractivity contribution in [3.8, 4) is 17.0 Å². The summed E-state index contributed by atoms with van der Waals surface area (Å²) in [7, 11) is 0. The molecule has 2 aliphatic heterocycles. The highest BCUT2D eigenvalue weighted by atomic mass is 16.5. The number of aryl methyl sites for hydroxylation is 1. The van der Waals surface area contributed by atoms with Gasteiger partial charge in [0.05, 0.1) is 24.0 Å². The second kappa shape index (κ2) is 10.7. The Morgan fingerprint density at radius 2 is 1.79 bits per heavy atom. The van der Waals surface area contributed by atoms with Crippen molar-refractivity contribution in [1.29, 1.82) is 0 Å². The summed E-state index contributed by atoms with van der Waals surface area (Å²) < 4.78 is 5.96. The molecule has 2 saturated heterocycles. The standard InChI is InChI=1S/C27H38N4O3/c1-20-22(17-25(32)33)26(31-13-9-27(2,3)10-14-31)23(19-28-20)24-8-7-21(18-29-24)34-16-15-30-11-5-4-6-12-30/h7-8,18-19H,4-6,9-17H2,1-3H3,(H,32,33). The second-order valence-electron chi connectivity index (χ2n) is 10.4. The van der Waals surface area contributed by atoms with E-state index in [0.29, 0.717) is 12.0 Å². The summed E-state index contributed by atoms with van der Waals surface area (Å²) in [6, 6.07) is 3.92. The van der Waals surface area contributed by atoms with E-state index < -0.39 is 5.97 Å². The molecule has 0 atom stereocenters. The van der Waals surface area contributed by atoms with Crippen molar-refractivity contribution in [1.82, 2.24) is 14.9 Å². The Bertz CT molecular complexity index is 974. The third-order valence-electron chi connectivity index (χ3n) is 7.26. The zero-order chi connectivity index (χ0) is 24.1. The molecule has 2 aromatic rings. The van der Waals surface area contributed by atoms with E-state index in [4.69, 9.17) is 9.72 Å². The summed E-state index contributed by atoms with van der Waals surface area (Å²) in [5.74, 6) is -0.0843. The Hall–Kier alpha value is -2.67. The number of aliphatic carboxylic acids is 1. The number of likely N-dealkylation sites (tertiary alicyclic amines) is 1. The molecule has 2 aliphatic rings. The van der Waals surface area contributed by atoms with E-state index in [9.17, 15) is 9.90 Å². The maximum atomic E-state index is 11.7. The normalized spacial score (nSPS) is 18.6. The van der Waals surface area contributed by atoms with Gasteiger partial charge in [0.25, 0.3) is 0 Å². The summed E-state index contributed by atoms with van der Waals surface area (Å²) in [6.07, 6.45) is 9.60. The van der Waals surface area contributed by atoms with Gasteiger partial charge in [-0.15, -0.1) is 0 Å². The predicted octanol–water partition coefficient (Wildman–Crippen LogP) is 4.57. The van der Waals surface area contributed by atoms with Gasteiger partial charge < -0.3 is 14.7 Å². The van der Waals surface area contributed by atoms with Crippen molar-refractivity contribution >= 4 is 11.7 Å². The van der Waals surface area contributed by atoms with Crippen molar-refractivity contribution in [2.45, 2.75) is 59.3 Å². The lowest BCUT2D eigenvalue weighted by atomic mass is 9.82. The van der Waals surface area contributed by atoms with Gasteiger partial charge in [-0.05, 0) is 63.2 Å². The molecule has 0 bridgehead atoms. The van der Waals surface area contributed by atoms with E-state index in [1.807, 2.05) is 25.3 Å². The topological polar surface area (TPSA) is 78.8 Å². The van der Waals surface area contributed by atoms with Gasteiger partial charge in [0.1, 0.15) is 12.4 Å². The van der Waals surface area contributed by atoms with Crippen molar-refractivity contribution in [2.75, 3.05) is 44.2 Å². The molecule has 184 valence electrons. The largest absolute Gasteiger partial charge is 0.491 e. The monoisotopic (exact) mass is 466 g/mol. The highest BCUT2D eigenvalue weighted by Gasteiger charge is 2.29. The first-order valence-electron chi connectivity index (χ1n) is 12.6. The molecule has 0 radical (unpaired) electrons. The van der Waals surface area contributed by atoms with Gasteiger partial charge >= 0.3 is 5.97 Å². The minimum absolute atomic E-state index is 0.0421. The highest BCUT2D eigenvalue weighted by molar-refractivity contribution is 5.83. The van der Waals surface area contributed by atoms with Crippen LogP contribution in [0.3, 0.4) is 0 Å². The van der Waals surface area contributed by atoms with E-state index in [1.165, 1.54) is 19.3 Å². The first-order chi connectivity index (χ1) is 16.3. The first-order valence-corrected chi connectivity index (χ1v) is 12.6. The number of pyridine rings is 2. The van der Waals surface area contributed by atoms with Crippen molar-refractivity contribution in [3.05, 3.63) is 35.8 Å². The van der Waals surface area contributed by atoms with Crippen LogP contribution in [-0.4, -0.2) is 65.3 Å². The molecule has 4 heterocycles. The van der Waals surface area contributed by atoms with Crippen molar-refractivity contribution in [2.24, 2.45) is 5.41 Å². The summed E-state index contributed by atoms with van der Waals surface area (Å²) >= 11 is 0. The third kappa shape index (κ3) is 6.06. The summed E-state index contributed by atoms with van der Waals surface area (Å²) in [4.78, 5) is 25.7. The fraction of sp³-hybridized carbons (Fsp3) is 0.593. The molecular formula is C27H38N4O3. The minimum Gasteiger partial charge on any atom is -0.491 e. The zero-order valence-corrected chi connectivity index (χ0v) is 20.8. The SMILES string of the molecule is Cc1ncc(-c2ccc(OCCN3CCCCC3)cn2)c(N2CCC(C)(C)CC2)c1CC(=O)O. The lowest BCUT2D eigenvalue weighted by Gasteiger charge is -2.40. The third-order valence-corrected chi connectivity index (χ3v) is 7.26. The maximum Gasteiger partial charge on any atom is 0.307 e. The fourth-order valence-electron chi connectivity index (χ4n) is 4.98. The quantitative estimate of drug-likeness (QED) is 0.610. The van der Waals surface area contributed by atoms with Crippen LogP contribution in [0.4, 0.5) is 5.69 Å². The number of hydrogen-bond acceptors (Lipinski definition) is 6.